The van der Waals surface area contributed by atoms with E-state index in [0.717, 1.165) is 33.4 Å². The van der Waals surface area contributed by atoms with Crippen LogP contribution in [0.5, 0.6) is 0 Å². The van der Waals surface area contributed by atoms with Gasteiger partial charge in [0.1, 0.15) is 48.8 Å². The predicted molar refractivity (Wildman–Crippen MR) is 277 cm³/mol. The predicted octanol–water partition coefficient (Wildman–Crippen LogP) is 9.71. The number of aliphatic hydroxyl groups is 1. The summed E-state index contributed by atoms with van der Waals surface area (Å²) < 4.78 is 72.8. The second-order valence-electron chi connectivity index (χ2n) is 18.5. The van der Waals surface area contributed by atoms with Gasteiger partial charge in [-0.1, -0.05) is 188 Å². The lowest BCUT2D eigenvalue weighted by molar-refractivity contribution is -0.379. The molecular weight excluding hydrogens is 941 g/mol. The number of methoxy groups -OCH3 is 1. The van der Waals surface area contributed by atoms with Crippen molar-refractivity contribution in [2.45, 2.75) is 127 Å². The van der Waals surface area contributed by atoms with Gasteiger partial charge in [-0.05, 0) is 46.2 Å². The number of ether oxygens (including phenoxy) is 11. The van der Waals surface area contributed by atoms with Gasteiger partial charge in [0.25, 0.3) is 0 Å². The van der Waals surface area contributed by atoms with Gasteiger partial charge < -0.3 is 57.2 Å². The van der Waals surface area contributed by atoms with Crippen molar-refractivity contribution in [1.29, 1.82) is 0 Å². The molecule has 0 unspecified atom stereocenters. The summed E-state index contributed by atoms with van der Waals surface area (Å²) in [4.78, 5) is 12.0. The monoisotopic (exact) mass is 1010 g/mol. The highest BCUT2D eigenvalue weighted by Crippen LogP contribution is 2.36. The Labute approximate surface area is 435 Å². The molecule has 0 spiro atoms. The molecule has 0 saturated carbocycles. The fourth-order valence-electron chi connectivity index (χ4n) is 9.02. The van der Waals surface area contributed by atoms with E-state index in [2.05, 4.69) is 0 Å². The molecule has 0 radical (unpaired) electrons. The highest BCUT2D eigenvalue weighted by atomic mass is 16.8. The van der Waals surface area contributed by atoms with Crippen LogP contribution in [0.1, 0.15) is 59.1 Å². The smallest absolute Gasteiger partial charge is 0.305 e. The molecular formula is C61H70O13. The van der Waals surface area contributed by atoms with Crippen LogP contribution < -0.4 is 0 Å². The molecule has 392 valence electrons. The summed E-state index contributed by atoms with van der Waals surface area (Å²) in [6.45, 7) is 1.93. The van der Waals surface area contributed by atoms with E-state index in [1.54, 1.807) is 0 Å². The third-order valence-corrected chi connectivity index (χ3v) is 13.0. The molecule has 13 heteroatoms. The van der Waals surface area contributed by atoms with E-state index in [-0.39, 0.29) is 52.2 Å². The minimum atomic E-state index is -1.39. The zero-order valence-electron chi connectivity index (χ0n) is 42.1. The first-order valence-corrected chi connectivity index (χ1v) is 25.7. The van der Waals surface area contributed by atoms with E-state index >= 15 is 0 Å². The van der Waals surface area contributed by atoms with Crippen molar-refractivity contribution < 1.29 is 62.0 Å². The first-order chi connectivity index (χ1) is 36.5. The molecule has 2 heterocycles. The SMILES string of the molecule is COC(=O)CCCCCO[C@H]1O[C@H](COCc2ccccc2)[C@@H](OCc2ccccc2)[C@H](OCc2ccccc2)[C@@H]1O[C@@H]1O[C@H](COCc2ccccc2)[C@@H](OCc2ccccc2)[C@H](OCc2ccccc2)[C@H]1O. The lowest BCUT2D eigenvalue weighted by Gasteiger charge is -2.49. The summed E-state index contributed by atoms with van der Waals surface area (Å²) in [6, 6.07) is 59.2. The first-order valence-electron chi connectivity index (χ1n) is 25.7. The number of carbonyl (C=O) groups is 1. The number of benzene rings is 6. The van der Waals surface area contributed by atoms with Gasteiger partial charge in [-0.25, -0.2) is 0 Å². The largest absolute Gasteiger partial charge is 0.469 e. The summed E-state index contributed by atoms with van der Waals surface area (Å²) >= 11 is 0. The van der Waals surface area contributed by atoms with Crippen LogP contribution in [0.25, 0.3) is 0 Å². The van der Waals surface area contributed by atoms with Crippen molar-refractivity contribution in [3.05, 3.63) is 215 Å². The van der Waals surface area contributed by atoms with Gasteiger partial charge in [0.2, 0.25) is 0 Å². The Kier molecular flexibility index (Phi) is 22.2. The van der Waals surface area contributed by atoms with Crippen LogP contribution in [0, 0.1) is 0 Å². The van der Waals surface area contributed by atoms with Crippen LogP contribution in [0.15, 0.2) is 182 Å². The van der Waals surface area contributed by atoms with Crippen molar-refractivity contribution in [1.82, 2.24) is 0 Å². The number of esters is 1. The van der Waals surface area contributed by atoms with Crippen LogP contribution in [0.3, 0.4) is 0 Å². The number of hydrogen-bond donors (Lipinski definition) is 1. The van der Waals surface area contributed by atoms with E-state index in [1.807, 2.05) is 182 Å². The fraction of sp³-hybridized carbons (Fsp3) is 0.393. The Bertz CT molecular complexity index is 2440. The van der Waals surface area contributed by atoms with Crippen molar-refractivity contribution in [3.8, 4) is 0 Å². The number of aliphatic hydroxyl groups excluding tert-OH is 1. The van der Waals surface area contributed by atoms with Gasteiger partial charge in [-0.15, -0.1) is 0 Å². The van der Waals surface area contributed by atoms with Gasteiger partial charge in [0.05, 0.1) is 60.0 Å². The van der Waals surface area contributed by atoms with Crippen LogP contribution in [-0.4, -0.2) is 99.4 Å². The van der Waals surface area contributed by atoms with Gasteiger partial charge in [-0.2, -0.15) is 0 Å². The minimum absolute atomic E-state index is 0.0797. The molecule has 10 atom stereocenters. The molecule has 2 aliphatic rings. The molecule has 6 aromatic carbocycles. The zero-order valence-corrected chi connectivity index (χ0v) is 42.1. The van der Waals surface area contributed by atoms with Crippen LogP contribution in [0.4, 0.5) is 0 Å². The molecule has 74 heavy (non-hydrogen) atoms. The summed E-state index contributed by atoms with van der Waals surface area (Å²) in [5.74, 6) is -0.262. The van der Waals surface area contributed by atoms with Crippen molar-refractivity contribution >= 4 is 5.97 Å². The molecule has 0 aliphatic carbocycles. The van der Waals surface area contributed by atoms with E-state index in [1.165, 1.54) is 7.11 Å². The first kappa shape index (κ1) is 54.6. The lowest BCUT2D eigenvalue weighted by atomic mass is 9.96. The van der Waals surface area contributed by atoms with Crippen LogP contribution in [0.2, 0.25) is 0 Å². The second-order valence-corrected chi connectivity index (χ2v) is 18.5. The normalized spacial score (nSPS) is 23.8. The Morgan fingerprint density at radius 2 is 0.784 bits per heavy atom. The third-order valence-electron chi connectivity index (χ3n) is 13.0. The molecule has 2 fully saturated rings. The fourth-order valence-corrected chi connectivity index (χ4v) is 9.02. The number of rotatable bonds is 29. The Morgan fingerprint density at radius 1 is 0.419 bits per heavy atom. The molecule has 2 aliphatic heterocycles. The summed E-state index contributed by atoms with van der Waals surface area (Å²) in [6.07, 6.45) is -7.52. The zero-order chi connectivity index (χ0) is 51.0. The minimum Gasteiger partial charge on any atom is -0.469 e. The molecule has 0 amide bonds. The highest BCUT2D eigenvalue weighted by Gasteiger charge is 2.54. The van der Waals surface area contributed by atoms with Gasteiger partial charge in [0, 0.05) is 13.0 Å². The van der Waals surface area contributed by atoms with Gasteiger partial charge in [-0.3, -0.25) is 4.79 Å². The second kappa shape index (κ2) is 30.0. The van der Waals surface area contributed by atoms with E-state index in [0.29, 0.717) is 38.9 Å². The Balaban J connectivity index is 1.13. The highest BCUT2D eigenvalue weighted by molar-refractivity contribution is 5.68. The standard InChI is InChI=1S/C61H70O13/c1-64-53(62)35-21-8-22-36-67-61-59(58(71-42-50-33-19-7-20-34-50)56(69-40-48-29-15-5-16-30-48)52(73-61)44-66-38-46-25-11-3-12-26-46)74-60-54(63)57(70-41-49-31-17-6-18-32-49)55(68-39-47-27-13-4-14-28-47)51(72-60)43-65-37-45-23-9-2-10-24-45/h2-7,9-20,23-34,51-52,54-61,63H,8,21-22,35-44H2,1H3/t51-,52-,54-,55-,56-,57-,58+,59+,60+,61+/m1/s1. The summed E-state index contributed by atoms with van der Waals surface area (Å²) in [5, 5.41) is 12.7. The lowest BCUT2D eigenvalue weighted by Crippen LogP contribution is -2.66. The summed E-state index contributed by atoms with van der Waals surface area (Å²) in [7, 11) is 1.39. The number of carbonyl (C=O) groups excluding carboxylic acids is 1. The van der Waals surface area contributed by atoms with Gasteiger partial charge >= 0.3 is 5.97 Å². The molecule has 6 aromatic rings. The van der Waals surface area contributed by atoms with Crippen molar-refractivity contribution in [2.75, 3.05) is 26.9 Å². The van der Waals surface area contributed by atoms with Crippen LogP contribution >= 0.6 is 0 Å². The van der Waals surface area contributed by atoms with Crippen molar-refractivity contribution in [2.24, 2.45) is 0 Å². The van der Waals surface area contributed by atoms with Crippen LogP contribution in [-0.2, 0) is 96.5 Å². The molecule has 8 rings (SSSR count). The van der Waals surface area contributed by atoms with Gasteiger partial charge in [0.15, 0.2) is 12.6 Å². The molecule has 13 nitrogen and oxygen atoms in total. The molecule has 2 saturated heterocycles. The summed E-state index contributed by atoms with van der Waals surface area (Å²) in [5.41, 5.74) is 5.72. The molecule has 0 aromatic heterocycles. The maximum Gasteiger partial charge on any atom is 0.305 e. The Hall–Kier alpha value is -5.65. The van der Waals surface area contributed by atoms with E-state index in [4.69, 9.17) is 52.1 Å². The molecule has 0 bridgehead atoms. The quantitative estimate of drug-likeness (QED) is 0.0353. The topological polar surface area (TPSA) is 139 Å². The molecule has 1 N–H and O–H groups in total. The average Bonchev–Trinajstić information content (AvgIpc) is 3.45. The van der Waals surface area contributed by atoms with E-state index < -0.39 is 61.4 Å². The average molecular weight is 1010 g/mol. The Morgan fingerprint density at radius 3 is 1.20 bits per heavy atom. The maximum absolute atomic E-state index is 12.7. The maximum atomic E-state index is 12.7. The number of unbranched alkanes of at least 4 members (excludes halogenated alkanes) is 2. The number of hydrogen-bond acceptors (Lipinski definition) is 13. The van der Waals surface area contributed by atoms with E-state index in [9.17, 15) is 9.90 Å². The third kappa shape index (κ3) is 16.9. The van der Waals surface area contributed by atoms with Crippen molar-refractivity contribution in [3.63, 3.8) is 0 Å².